The summed E-state index contributed by atoms with van der Waals surface area (Å²) in [6.45, 7) is 5.94. The molecule has 0 aromatic rings. The van der Waals surface area contributed by atoms with Crippen molar-refractivity contribution in [1.29, 1.82) is 0 Å². The molecule has 0 unspecified atom stereocenters. The monoisotopic (exact) mass is 235 g/mol. The summed E-state index contributed by atoms with van der Waals surface area (Å²) in [5.74, 6) is 0.837. The summed E-state index contributed by atoms with van der Waals surface area (Å²) in [5.41, 5.74) is 0. The molecule has 0 bridgehead atoms. The van der Waals surface area contributed by atoms with Gasteiger partial charge in [-0.25, -0.2) is 9.86 Å². The first kappa shape index (κ1) is 12.9. The van der Waals surface area contributed by atoms with Crippen molar-refractivity contribution in [2.24, 2.45) is 11.1 Å². The fourth-order valence-corrected chi connectivity index (χ4v) is 2.23. The van der Waals surface area contributed by atoms with E-state index in [-0.39, 0.29) is 0 Å². The van der Waals surface area contributed by atoms with Gasteiger partial charge in [0.1, 0.15) is 0 Å². The third-order valence-corrected chi connectivity index (χ3v) is 3.44. The number of nitrogens with zero attached hydrogens (tertiary/aromatic N) is 1. The van der Waals surface area contributed by atoms with Crippen LogP contribution in [0.4, 0.5) is 0 Å². The molecular weight excluding hydrogens is 214 g/mol. The molecule has 1 heterocycles. The standard InChI is InChI=1S/C9H21N3O2S/c1-9-3-7-12(8-4-9)6-2-5-11-15(10,13)14/h9,11H,2-8H2,1H3,(H2,10,13,14). The van der Waals surface area contributed by atoms with E-state index in [9.17, 15) is 8.42 Å². The first-order valence-electron chi connectivity index (χ1n) is 5.47. The van der Waals surface area contributed by atoms with Gasteiger partial charge in [-0.05, 0) is 44.8 Å². The highest BCUT2D eigenvalue weighted by atomic mass is 32.2. The Labute approximate surface area is 92.2 Å². The molecule has 1 saturated heterocycles. The smallest absolute Gasteiger partial charge is 0.274 e. The van der Waals surface area contributed by atoms with E-state index in [2.05, 4.69) is 16.5 Å². The molecule has 0 aromatic heterocycles. The highest BCUT2D eigenvalue weighted by molar-refractivity contribution is 7.87. The molecule has 0 amide bonds. The molecule has 0 aromatic carbocycles. The Kier molecular flexibility index (Phi) is 4.98. The maximum absolute atomic E-state index is 10.6. The van der Waals surface area contributed by atoms with E-state index < -0.39 is 10.2 Å². The van der Waals surface area contributed by atoms with Crippen LogP contribution in [0.3, 0.4) is 0 Å². The van der Waals surface area contributed by atoms with Gasteiger partial charge in [-0.1, -0.05) is 6.92 Å². The summed E-state index contributed by atoms with van der Waals surface area (Å²) < 4.78 is 23.5. The number of hydrogen-bond donors (Lipinski definition) is 2. The van der Waals surface area contributed by atoms with Crippen molar-refractivity contribution in [3.63, 3.8) is 0 Å². The molecule has 1 rings (SSSR count). The van der Waals surface area contributed by atoms with Gasteiger partial charge in [0.25, 0.3) is 10.2 Å². The van der Waals surface area contributed by atoms with Gasteiger partial charge < -0.3 is 4.90 Å². The Bertz CT molecular complexity index is 271. The Morgan fingerprint density at radius 2 is 2.00 bits per heavy atom. The molecule has 1 aliphatic rings. The van der Waals surface area contributed by atoms with Crippen molar-refractivity contribution in [2.45, 2.75) is 26.2 Å². The SMILES string of the molecule is CC1CCN(CCCNS(N)(=O)=O)CC1. The van der Waals surface area contributed by atoms with Crippen LogP contribution in [-0.2, 0) is 10.2 Å². The predicted molar refractivity (Wildman–Crippen MR) is 60.6 cm³/mol. The molecular formula is C9H21N3O2S. The molecule has 3 N–H and O–H groups in total. The van der Waals surface area contributed by atoms with Crippen LogP contribution in [0, 0.1) is 5.92 Å². The lowest BCUT2D eigenvalue weighted by Gasteiger charge is -2.30. The summed E-state index contributed by atoms with van der Waals surface area (Å²) in [4.78, 5) is 2.38. The lowest BCUT2D eigenvalue weighted by atomic mass is 9.99. The van der Waals surface area contributed by atoms with E-state index in [1.54, 1.807) is 0 Å². The molecule has 1 fully saturated rings. The maximum Gasteiger partial charge on any atom is 0.274 e. The Morgan fingerprint density at radius 3 is 2.53 bits per heavy atom. The van der Waals surface area contributed by atoms with Crippen molar-refractivity contribution in [3.8, 4) is 0 Å². The molecule has 6 heteroatoms. The number of nitrogens with two attached hydrogens (primary N) is 1. The lowest BCUT2D eigenvalue weighted by Crippen LogP contribution is -2.36. The van der Waals surface area contributed by atoms with Crippen LogP contribution >= 0.6 is 0 Å². The van der Waals surface area contributed by atoms with Crippen molar-refractivity contribution in [2.75, 3.05) is 26.2 Å². The zero-order chi connectivity index (χ0) is 11.3. The number of nitrogens with one attached hydrogen (secondary N) is 1. The third-order valence-electron chi connectivity index (χ3n) is 2.83. The van der Waals surface area contributed by atoms with Gasteiger partial charge in [0, 0.05) is 6.54 Å². The van der Waals surface area contributed by atoms with Gasteiger partial charge in [-0.15, -0.1) is 0 Å². The average Bonchev–Trinajstić information content (AvgIpc) is 2.14. The fraction of sp³-hybridized carbons (Fsp3) is 1.00. The molecule has 0 spiro atoms. The molecule has 0 saturated carbocycles. The van der Waals surface area contributed by atoms with Crippen LogP contribution in [0.15, 0.2) is 0 Å². The Hall–Kier alpha value is -0.170. The van der Waals surface area contributed by atoms with Crippen molar-refractivity contribution in [1.82, 2.24) is 9.62 Å². The molecule has 0 radical (unpaired) electrons. The largest absolute Gasteiger partial charge is 0.303 e. The van der Waals surface area contributed by atoms with E-state index in [1.165, 1.54) is 12.8 Å². The van der Waals surface area contributed by atoms with E-state index in [0.717, 1.165) is 32.0 Å². The first-order chi connectivity index (χ1) is 6.97. The van der Waals surface area contributed by atoms with E-state index in [4.69, 9.17) is 5.14 Å². The quantitative estimate of drug-likeness (QED) is 0.654. The summed E-state index contributed by atoms with van der Waals surface area (Å²) in [7, 11) is -3.50. The summed E-state index contributed by atoms with van der Waals surface area (Å²) >= 11 is 0. The van der Waals surface area contributed by atoms with Gasteiger partial charge in [-0.2, -0.15) is 8.42 Å². The summed E-state index contributed by atoms with van der Waals surface area (Å²) in [6.07, 6.45) is 3.33. The van der Waals surface area contributed by atoms with Crippen LogP contribution in [0.5, 0.6) is 0 Å². The van der Waals surface area contributed by atoms with Crippen LogP contribution in [-0.4, -0.2) is 39.5 Å². The molecule has 15 heavy (non-hydrogen) atoms. The molecule has 1 aliphatic heterocycles. The van der Waals surface area contributed by atoms with E-state index in [1.807, 2.05) is 0 Å². The highest BCUT2D eigenvalue weighted by Crippen LogP contribution is 2.15. The lowest BCUT2D eigenvalue weighted by molar-refractivity contribution is 0.191. The van der Waals surface area contributed by atoms with Crippen molar-refractivity contribution < 1.29 is 8.42 Å². The fourth-order valence-electron chi connectivity index (χ4n) is 1.80. The van der Waals surface area contributed by atoms with Crippen LogP contribution < -0.4 is 9.86 Å². The third kappa shape index (κ3) is 6.09. The predicted octanol–water partition coefficient (Wildman–Crippen LogP) is -0.0985. The minimum Gasteiger partial charge on any atom is -0.303 e. The number of likely N-dealkylation sites (tertiary alicyclic amines) is 1. The van der Waals surface area contributed by atoms with Gasteiger partial charge in [-0.3, -0.25) is 0 Å². The molecule has 5 nitrogen and oxygen atoms in total. The topological polar surface area (TPSA) is 75.4 Å². The number of rotatable bonds is 5. The van der Waals surface area contributed by atoms with Gasteiger partial charge in [0.05, 0.1) is 0 Å². The van der Waals surface area contributed by atoms with Crippen molar-refractivity contribution >= 4 is 10.2 Å². The average molecular weight is 235 g/mol. The minimum atomic E-state index is -3.50. The zero-order valence-corrected chi connectivity index (χ0v) is 10.1. The highest BCUT2D eigenvalue weighted by Gasteiger charge is 2.14. The second-order valence-electron chi connectivity index (χ2n) is 4.32. The molecule has 0 aliphatic carbocycles. The number of piperidine rings is 1. The number of hydrogen-bond acceptors (Lipinski definition) is 3. The van der Waals surface area contributed by atoms with Gasteiger partial charge in [0.15, 0.2) is 0 Å². The van der Waals surface area contributed by atoms with E-state index >= 15 is 0 Å². The molecule has 0 atom stereocenters. The summed E-state index contributed by atoms with van der Waals surface area (Å²) in [5, 5.41) is 4.82. The van der Waals surface area contributed by atoms with Crippen LogP contribution in [0.25, 0.3) is 0 Å². The van der Waals surface area contributed by atoms with Gasteiger partial charge >= 0.3 is 0 Å². The Balaban J connectivity index is 2.06. The minimum absolute atomic E-state index is 0.435. The summed E-state index contributed by atoms with van der Waals surface area (Å²) in [6, 6.07) is 0. The first-order valence-corrected chi connectivity index (χ1v) is 7.02. The van der Waals surface area contributed by atoms with Crippen LogP contribution in [0.1, 0.15) is 26.2 Å². The molecule has 90 valence electrons. The normalized spacial score (nSPS) is 20.7. The van der Waals surface area contributed by atoms with E-state index in [0.29, 0.717) is 6.54 Å². The van der Waals surface area contributed by atoms with Gasteiger partial charge in [0.2, 0.25) is 0 Å². The Morgan fingerprint density at radius 1 is 1.40 bits per heavy atom. The second kappa shape index (κ2) is 5.79. The van der Waals surface area contributed by atoms with Crippen molar-refractivity contribution in [3.05, 3.63) is 0 Å². The zero-order valence-electron chi connectivity index (χ0n) is 9.28. The van der Waals surface area contributed by atoms with Crippen LogP contribution in [0.2, 0.25) is 0 Å². The maximum atomic E-state index is 10.6. The second-order valence-corrected chi connectivity index (χ2v) is 5.70.